The molecule has 0 spiro atoms. The summed E-state index contributed by atoms with van der Waals surface area (Å²) in [5.41, 5.74) is 8.45. The van der Waals surface area contributed by atoms with Gasteiger partial charge in [0.2, 0.25) is 0 Å². The maximum absolute atomic E-state index is 6.10. The van der Waals surface area contributed by atoms with E-state index in [4.69, 9.17) is 22.1 Å². The monoisotopic (exact) mass is 276 g/mol. The van der Waals surface area contributed by atoms with Crippen molar-refractivity contribution < 1.29 is 4.74 Å². The Labute approximate surface area is 118 Å². The third-order valence-corrected chi connectivity index (χ3v) is 3.17. The zero-order valence-corrected chi connectivity index (χ0v) is 11.6. The molecule has 4 heteroatoms. The number of benzene rings is 2. The molecule has 0 atom stereocenters. The summed E-state index contributed by atoms with van der Waals surface area (Å²) < 4.78 is 5.20. The van der Waals surface area contributed by atoms with Crippen molar-refractivity contribution in [1.29, 1.82) is 0 Å². The van der Waals surface area contributed by atoms with Gasteiger partial charge in [-0.3, -0.25) is 0 Å². The van der Waals surface area contributed by atoms with Crippen LogP contribution in [0.5, 0.6) is 5.75 Å². The number of anilines is 2. The molecule has 0 aliphatic rings. The molecule has 0 saturated carbocycles. The molecule has 3 nitrogen and oxygen atoms in total. The van der Waals surface area contributed by atoms with Crippen molar-refractivity contribution in [3.63, 3.8) is 0 Å². The van der Waals surface area contributed by atoms with Crippen LogP contribution in [0.4, 0.5) is 11.4 Å². The van der Waals surface area contributed by atoms with Gasteiger partial charge in [-0.25, -0.2) is 0 Å². The van der Waals surface area contributed by atoms with Crippen LogP contribution in [-0.2, 0) is 6.42 Å². The minimum absolute atomic E-state index is 0.644. The molecule has 100 valence electrons. The Balaban J connectivity index is 1.92. The summed E-state index contributed by atoms with van der Waals surface area (Å²) in [6, 6.07) is 13.5. The zero-order chi connectivity index (χ0) is 13.7. The van der Waals surface area contributed by atoms with E-state index in [0.29, 0.717) is 10.7 Å². The number of methoxy groups -OCH3 is 1. The molecule has 0 bridgehead atoms. The first-order chi connectivity index (χ1) is 9.19. The van der Waals surface area contributed by atoms with E-state index in [2.05, 4.69) is 11.4 Å². The van der Waals surface area contributed by atoms with Crippen molar-refractivity contribution >= 4 is 23.0 Å². The lowest BCUT2D eigenvalue weighted by Crippen LogP contribution is -2.05. The molecule has 0 saturated heterocycles. The van der Waals surface area contributed by atoms with Crippen LogP contribution in [0.15, 0.2) is 42.5 Å². The van der Waals surface area contributed by atoms with Crippen LogP contribution in [0, 0.1) is 0 Å². The Kier molecular flexibility index (Phi) is 4.53. The number of nitrogens with two attached hydrogens (primary N) is 1. The van der Waals surface area contributed by atoms with Crippen LogP contribution in [0.25, 0.3) is 0 Å². The van der Waals surface area contributed by atoms with Gasteiger partial charge in [0.25, 0.3) is 0 Å². The Morgan fingerprint density at radius 1 is 1.21 bits per heavy atom. The first-order valence-corrected chi connectivity index (χ1v) is 6.48. The number of nitrogens with one attached hydrogen (secondary N) is 1. The molecule has 2 aromatic rings. The third kappa shape index (κ3) is 3.80. The van der Waals surface area contributed by atoms with Crippen molar-refractivity contribution in [3.8, 4) is 5.75 Å². The lowest BCUT2D eigenvalue weighted by Gasteiger charge is -2.09. The zero-order valence-electron chi connectivity index (χ0n) is 10.8. The fraction of sp³-hybridized carbons (Fsp3) is 0.200. The van der Waals surface area contributed by atoms with Crippen molar-refractivity contribution in [1.82, 2.24) is 0 Å². The number of halogens is 1. The third-order valence-electron chi connectivity index (χ3n) is 2.86. The van der Waals surface area contributed by atoms with Crippen LogP contribution in [0.2, 0.25) is 5.02 Å². The summed E-state index contributed by atoms with van der Waals surface area (Å²) >= 11 is 6.10. The molecule has 0 fully saturated rings. The molecule has 0 amide bonds. The normalized spacial score (nSPS) is 10.2. The van der Waals surface area contributed by atoms with Gasteiger partial charge in [-0.15, -0.1) is 0 Å². The highest BCUT2D eigenvalue weighted by Gasteiger charge is 2.00. The molecule has 3 N–H and O–H groups in total. The lowest BCUT2D eigenvalue weighted by molar-refractivity contribution is 0.414. The Bertz CT molecular complexity index is 558. The molecule has 0 aliphatic carbocycles. The van der Waals surface area contributed by atoms with E-state index >= 15 is 0 Å². The van der Waals surface area contributed by atoms with Gasteiger partial charge in [0.15, 0.2) is 0 Å². The standard InChI is InChI=1S/C15H17ClN2O/c1-19-13-4-2-3-11(9-13)7-8-18-15-6-5-12(17)10-14(15)16/h2-6,9-10,18H,7-8,17H2,1H3. The van der Waals surface area contributed by atoms with Gasteiger partial charge in [-0.05, 0) is 42.3 Å². The number of nitrogen functional groups attached to an aromatic ring is 1. The maximum Gasteiger partial charge on any atom is 0.119 e. The van der Waals surface area contributed by atoms with E-state index in [1.807, 2.05) is 30.3 Å². The molecule has 2 aromatic carbocycles. The van der Waals surface area contributed by atoms with E-state index in [0.717, 1.165) is 24.4 Å². The summed E-state index contributed by atoms with van der Waals surface area (Å²) in [5, 5.41) is 3.94. The number of hydrogen-bond donors (Lipinski definition) is 2. The fourth-order valence-electron chi connectivity index (χ4n) is 1.84. The van der Waals surface area contributed by atoms with E-state index in [9.17, 15) is 0 Å². The Morgan fingerprint density at radius 3 is 2.79 bits per heavy atom. The highest BCUT2D eigenvalue weighted by atomic mass is 35.5. The van der Waals surface area contributed by atoms with Gasteiger partial charge in [-0.1, -0.05) is 23.7 Å². The van der Waals surface area contributed by atoms with Gasteiger partial charge in [-0.2, -0.15) is 0 Å². The van der Waals surface area contributed by atoms with Gasteiger partial charge in [0.05, 0.1) is 17.8 Å². The highest BCUT2D eigenvalue weighted by molar-refractivity contribution is 6.33. The molecule has 0 radical (unpaired) electrons. The van der Waals surface area contributed by atoms with E-state index < -0.39 is 0 Å². The van der Waals surface area contributed by atoms with Crippen LogP contribution in [0.3, 0.4) is 0 Å². The second-order valence-corrected chi connectivity index (χ2v) is 4.67. The van der Waals surface area contributed by atoms with E-state index in [1.54, 1.807) is 13.2 Å². The SMILES string of the molecule is COc1cccc(CCNc2ccc(N)cc2Cl)c1. The molecular formula is C15H17ClN2O. The molecule has 0 unspecified atom stereocenters. The van der Waals surface area contributed by atoms with Gasteiger partial charge in [0, 0.05) is 12.2 Å². The molecule has 0 heterocycles. The first kappa shape index (κ1) is 13.6. The summed E-state index contributed by atoms with van der Waals surface area (Å²) in [4.78, 5) is 0. The second kappa shape index (κ2) is 6.34. The maximum atomic E-state index is 6.10. The summed E-state index contributed by atoms with van der Waals surface area (Å²) in [6.45, 7) is 0.802. The predicted octanol–water partition coefficient (Wildman–Crippen LogP) is 3.59. The Morgan fingerprint density at radius 2 is 2.05 bits per heavy atom. The van der Waals surface area contributed by atoms with Gasteiger partial charge >= 0.3 is 0 Å². The second-order valence-electron chi connectivity index (χ2n) is 4.27. The van der Waals surface area contributed by atoms with Crippen LogP contribution < -0.4 is 15.8 Å². The average Bonchev–Trinajstić information content (AvgIpc) is 2.41. The van der Waals surface area contributed by atoms with E-state index in [1.165, 1.54) is 5.56 Å². The van der Waals surface area contributed by atoms with Crippen molar-refractivity contribution in [3.05, 3.63) is 53.1 Å². The van der Waals surface area contributed by atoms with Crippen LogP contribution in [0.1, 0.15) is 5.56 Å². The predicted molar refractivity (Wildman–Crippen MR) is 81.1 cm³/mol. The minimum Gasteiger partial charge on any atom is -0.497 e. The van der Waals surface area contributed by atoms with Crippen molar-refractivity contribution in [2.75, 3.05) is 24.7 Å². The molecular weight excluding hydrogens is 260 g/mol. The van der Waals surface area contributed by atoms with Crippen LogP contribution >= 0.6 is 11.6 Å². The molecule has 0 aliphatic heterocycles. The fourth-order valence-corrected chi connectivity index (χ4v) is 2.10. The lowest BCUT2D eigenvalue weighted by atomic mass is 10.1. The topological polar surface area (TPSA) is 47.3 Å². The largest absolute Gasteiger partial charge is 0.497 e. The van der Waals surface area contributed by atoms with Gasteiger partial charge < -0.3 is 15.8 Å². The van der Waals surface area contributed by atoms with Crippen molar-refractivity contribution in [2.45, 2.75) is 6.42 Å². The van der Waals surface area contributed by atoms with E-state index in [-0.39, 0.29) is 0 Å². The summed E-state index contributed by atoms with van der Waals surface area (Å²) in [6.07, 6.45) is 0.901. The summed E-state index contributed by atoms with van der Waals surface area (Å²) in [7, 11) is 1.67. The molecule has 2 rings (SSSR count). The first-order valence-electron chi connectivity index (χ1n) is 6.11. The smallest absolute Gasteiger partial charge is 0.119 e. The van der Waals surface area contributed by atoms with Crippen molar-refractivity contribution in [2.24, 2.45) is 0 Å². The number of hydrogen-bond acceptors (Lipinski definition) is 3. The average molecular weight is 277 g/mol. The summed E-state index contributed by atoms with van der Waals surface area (Å²) in [5.74, 6) is 0.878. The molecule has 0 aromatic heterocycles. The Hall–Kier alpha value is -1.87. The van der Waals surface area contributed by atoms with Gasteiger partial charge in [0.1, 0.15) is 5.75 Å². The number of ether oxygens (including phenoxy) is 1. The minimum atomic E-state index is 0.644. The molecule has 19 heavy (non-hydrogen) atoms. The quantitative estimate of drug-likeness (QED) is 0.821. The highest BCUT2D eigenvalue weighted by Crippen LogP contribution is 2.24. The van der Waals surface area contributed by atoms with Crippen LogP contribution in [-0.4, -0.2) is 13.7 Å². The number of rotatable bonds is 5.